The Morgan fingerprint density at radius 1 is 1.21 bits per heavy atom. The van der Waals surface area contributed by atoms with Crippen molar-refractivity contribution in [3.8, 4) is 5.75 Å². The second kappa shape index (κ2) is 7.53. The lowest BCUT2D eigenvalue weighted by atomic mass is 10.1. The number of hydrogen-bond acceptors (Lipinski definition) is 3. The van der Waals surface area contributed by atoms with Gasteiger partial charge in [-0.2, -0.15) is 0 Å². The smallest absolute Gasteiger partial charge is 0.254 e. The zero-order chi connectivity index (χ0) is 17.1. The number of nitrogens with zero attached hydrogens (tertiary/aromatic N) is 2. The Kier molecular flexibility index (Phi) is 5.40. The maximum atomic E-state index is 12.6. The van der Waals surface area contributed by atoms with Gasteiger partial charge in [0.15, 0.2) is 0 Å². The lowest BCUT2D eigenvalue weighted by Gasteiger charge is -2.42. The number of rotatable bonds is 5. The predicted octanol–water partition coefficient (Wildman–Crippen LogP) is 3.26. The molecular formula is C19H21IN2O2. The normalized spacial score (nSPS) is 14.6. The first-order valence-corrected chi connectivity index (χ1v) is 9.04. The molecule has 1 saturated heterocycles. The fourth-order valence-electron chi connectivity index (χ4n) is 2.61. The molecule has 0 saturated carbocycles. The third-order valence-corrected chi connectivity index (χ3v) is 5.19. The second-order valence-electron chi connectivity index (χ2n) is 6.25. The minimum atomic E-state index is 0.0778. The maximum absolute atomic E-state index is 12.6. The van der Waals surface area contributed by atoms with E-state index in [4.69, 9.17) is 4.74 Å². The number of likely N-dealkylation sites (tertiary alicyclic amines) is 1. The average molecular weight is 436 g/mol. The van der Waals surface area contributed by atoms with Crippen molar-refractivity contribution in [3.05, 3.63) is 63.2 Å². The van der Waals surface area contributed by atoms with Gasteiger partial charge in [0.05, 0.1) is 3.57 Å². The highest BCUT2D eigenvalue weighted by Crippen LogP contribution is 2.25. The zero-order valence-corrected chi connectivity index (χ0v) is 16.1. The van der Waals surface area contributed by atoms with Crippen molar-refractivity contribution < 1.29 is 9.53 Å². The molecule has 1 heterocycles. The fourth-order valence-corrected chi connectivity index (χ4v) is 3.10. The van der Waals surface area contributed by atoms with Crippen LogP contribution in [0, 0.1) is 3.57 Å². The van der Waals surface area contributed by atoms with E-state index < -0.39 is 0 Å². The summed E-state index contributed by atoms with van der Waals surface area (Å²) >= 11 is 2.24. The van der Waals surface area contributed by atoms with Crippen molar-refractivity contribution in [1.29, 1.82) is 0 Å². The number of carbonyl (C=O) groups is 1. The Labute approximate surface area is 156 Å². The summed E-state index contributed by atoms with van der Waals surface area (Å²) in [6.45, 7) is 2.08. The van der Waals surface area contributed by atoms with Gasteiger partial charge < -0.3 is 14.5 Å². The molecular weight excluding hydrogens is 415 g/mol. The molecule has 1 fully saturated rings. The molecule has 0 atom stereocenters. The Balaban J connectivity index is 1.66. The Bertz CT molecular complexity index is 713. The van der Waals surface area contributed by atoms with Gasteiger partial charge in [-0.05, 0) is 60.4 Å². The van der Waals surface area contributed by atoms with Crippen LogP contribution in [0.3, 0.4) is 0 Å². The highest BCUT2D eigenvalue weighted by Gasteiger charge is 2.32. The predicted molar refractivity (Wildman–Crippen MR) is 103 cm³/mol. The molecule has 3 rings (SSSR count). The van der Waals surface area contributed by atoms with Crippen molar-refractivity contribution >= 4 is 28.5 Å². The highest BCUT2D eigenvalue weighted by atomic mass is 127. The summed E-state index contributed by atoms with van der Waals surface area (Å²) in [4.78, 5) is 16.6. The summed E-state index contributed by atoms with van der Waals surface area (Å²) in [6, 6.07) is 16.2. The highest BCUT2D eigenvalue weighted by molar-refractivity contribution is 14.1. The quantitative estimate of drug-likeness (QED) is 0.675. The number of benzene rings is 2. The minimum absolute atomic E-state index is 0.0778. The first-order chi connectivity index (χ1) is 11.5. The van der Waals surface area contributed by atoms with E-state index >= 15 is 0 Å². The van der Waals surface area contributed by atoms with Crippen LogP contribution in [0.15, 0.2) is 48.5 Å². The van der Waals surface area contributed by atoms with Gasteiger partial charge in [-0.25, -0.2) is 0 Å². The van der Waals surface area contributed by atoms with E-state index in [0.29, 0.717) is 18.2 Å². The van der Waals surface area contributed by atoms with Crippen LogP contribution in [0.2, 0.25) is 0 Å². The number of ether oxygens (including phenoxy) is 1. The number of likely N-dealkylation sites (N-methyl/N-ethyl adjacent to an activating group) is 1. The van der Waals surface area contributed by atoms with E-state index in [-0.39, 0.29) is 5.91 Å². The monoisotopic (exact) mass is 436 g/mol. The molecule has 2 aromatic carbocycles. The van der Waals surface area contributed by atoms with Crippen LogP contribution in [0.4, 0.5) is 0 Å². The topological polar surface area (TPSA) is 32.8 Å². The van der Waals surface area contributed by atoms with Crippen LogP contribution in [0.1, 0.15) is 15.9 Å². The van der Waals surface area contributed by atoms with Crippen molar-refractivity contribution in [3.63, 3.8) is 0 Å². The van der Waals surface area contributed by atoms with Crippen LogP contribution in [-0.2, 0) is 6.61 Å². The molecule has 0 aromatic heterocycles. The molecule has 2 aromatic rings. The first kappa shape index (κ1) is 17.2. The molecule has 0 N–H and O–H groups in total. The molecule has 1 aliphatic heterocycles. The van der Waals surface area contributed by atoms with Crippen molar-refractivity contribution in [2.75, 3.05) is 27.2 Å². The number of hydrogen-bond donors (Lipinski definition) is 0. The number of halogens is 1. The molecule has 24 heavy (non-hydrogen) atoms. The average Bonchev–Trinajstić information content (AvgIpc) is 2.53. The Morgan fingerprint density at radius 3 is 2.58 bits per heavy atom. The SMILES string of the molecule is CN(C)C1CN(C(=O)c2ccc(I)c(OCc3ccccc3)c2)C1. The zero-order valence-electron chi connectivity index (χ0n) is 13.9. The van der Waals surface area contributed by atoms with Crippen molar-refractivity contribution in [2.45, 2.75) is 12.6 Å². The molecule has 0 unspecified atom stereocenters. The van der Waals surface area contributed by atoms with Gasteiger partial charge in [-0.15, -0.1) is 0 Å². The van der Waals surface area contributed by atoms with Crippen LogP contribution >= 0.6 is 22.6 Å². The van der Waals surface area contributed by atoms with Crippen LogP contribution < -0.4 is 4.74 Å². The molecule has 4 nitrogen and oxygen atoms in total. The Hall–Kier alpha value is -1.60. The minimum Gasteiger partial charge on any atom is -0.488 e. The number of amides is 1. The van der Waals surface area contributed by atoms with E-state index in [1.54, 1.807) is 0 Å². The third-order valence-electron chi connectivity index (χ3n) is 4.30. The van der Waals surface area contributed by atoms with E-state index in [0.717, 1.165) is 28.0 Å². The van der Waals surface area contributed by atoms with Gasteiger partial charge >= 0.3 is 0 Å². The summed E-state index contributed by atoms with van der Waals surface area (Å²) in [6.07, 6.45) is 0. The van der Waals surface area contributed by atoms with Gasteiger partial charge in [0.25, 0.3) is 5.91 Å². The fraction of sp³-hybridized carbons (Fsp3) is 0.316. The standard InChI is InChI=1S/C19H21IN2O2/c1-21(2)16-11-22(12-16)19(23)15-8-9-17(20)18(10-15)24-13-14-6-4-3-5-7-14/h3-10,16H,11-13H2,1-2H3. The molecule has 1 aliphatic rings. The molecule has 0 bridgehead atoms. The summed E-state index contributed by atoms with van der Waals surface area (Å²) in [7, 11) is 4.10. The van der Waals surface area contributed by atoms with Crippen molar-refractivity contribution in [2.24, 2.45) is 0 Å². The molecule has 1 amide bonds. The summed E-state index contributed by atoms with van der Waals surface area (Å²) in [5.41, 5.74) is 1.80. The number of carbonyl (C=O) groups excluding carboxylic acids is 1. The van der Waals surface area contributed by atoms with Gasteiger partial charge in [-0.3, -0.25) is 4.79 Å². The third kappa shape index (κ3) is 3.89. The molecule has 0 radical (unpaired) electrons. The molecule has 5 heteroatoms. The van der Waals surface area contributed by atoms with Gasteiger partial charge in [0.2, 0.25) is 0 Å². The molecule has 0 aliphatic carbocycles. The van der Waals surface area contributed by atoms with E-state index in [1.165, 1.54) is 0 Å². The van der Waals surface area contributed by atoms with E-state index in [9.17, 15) is 4.79 Å². The maximum Gasteiger partial charge on any atom is 0.254 e. The molecule has 0 spiro atoms. The van der Waals surface area contributed by atoms with E-state index in [1.807, 2.05) is 67.5 Å². The second-order valence-corrected chi connectivity index (χ2v) is 7.41. The lowest BCUT2D eigenvalue weighted by molar-refractivity contribution is 0.0399. The van der Waals surface area contributed by atoms with Crippen LogP contribution in [0.25, 0.3) is 0 Å². The van der Waals surface area contributed by atoms with Crippen LogP contribution in [-0.4, -0.2) is 48.9 Å². The first-order valence-electron chi connectivity index (χ1n) is 7.96. The molecule has 126 valence electrons. The van der Waals surface area contributed by atoms with E-state index in [2.05, 4.69) is 27.5 Å². The summed E-state index contributed by atoms with van der Waals surface area (Å²) < 4.78 is 6.93. The largest absolute Gasteiger partial charge is 0.488 e. The Morgan fingerprint density at radius 2 is 1.92 bits per heavy atom. The van der Waals surface area contributed by atoms with Gasteiger partial charge in [-0.1, -0.05) is 30.3 Å². The summed E-state index contributed by atoms with van der Waals surface area (Å²) in [5, 5.41) is 0. The van der Waals surface area contributed by atoms with Crippen LogP contribution in [0.5, 0.6) is 5.75 Å². The van der Waals surface area contributed by atoms with Gasteiger partial charge in [0, 0.05) is 24.7 Å². The lowest BCUT2D eigenvalue weighted by Crippen LogP contribution is -2.59. The van der Waals surface area contributed by atoms with Gasteiger partial charge in [0.1, 0.15) is 12.4 Å². The summed E-state index contributed by atoms with van der Waals surface area (Å²) in [5.74, 6) is 0.837. The van der Waals surface area contributed by atoms with Crippen molar-refractivity contribution in [1.82, 2.24) is 9.80 Å².